The van der Waals surface area contributed by atoms with Crippen LogP contribution in [0.15, 0.2) is 12.7 Å². The van der Waals surface area contributed by atoms with Crippen LogP contribution in [0, 0.1) is 17.3 Å². The van der Waals surface area contributed by atoms with Crippen LogP contribution in [-0.4, -0.2) is 41.9 Å². The van der Waals surface area contributed by atoms with E-state index in [1.165, 1.54) is 19.8 Å². The molecule has 0 aromatic rings. The molecule has 5 heteroatoms. The standard InChI is InChI=1S/C19H33N3O2/c1-5-15-6-7-16(13-22-10-8-18(3,4)9-11-22)19(12-15,17(20)24)21-14(2)23/h5,15-16H,1,6-13H2,2-4H3,(H2,20,24)(H,21,23)/t15-,16+,19-/m1/s1. The van der Waals surface area contributed by atoms with Crippen LogP contribution in [0.5, 0.6) is 0 Å². The minimum atomic E-state index is -0.949. The van der Waals surface area contributed by atoms with Crippen molar-refractivity contribution in [1.29, 1.82) is 0 Å². The summed E-state index contributed by atoms with van der Waals surface area (Å²) in [4.78, 5) is 26.6. The summed E-state index contributed by atoms with van der Waals surface area (Å²) in [6.45, 7) is 12.9. The van der Waals surface area contributed by atoms with Gasteiger partial charge in [0.25, 0.3) is 0 Å². The topological polar surface area (TPSA) is 75.4 Å². The lowest BCUT2D eigenvalue weighted by atomic mass is 9.67. The number of nitrogens with two attached hydrogens (primary N) is 1. The van der Waals surface area contributed by atoms with Gasteiger partial charge in [0.15, 0.2) is 0 Å². The molecule has 1 saturated carbocycles. The van der Waals surface area contributed by atoms with Crippen LogP contribution in [-0.2, 0) is 9.59 Å². The molecule has 0 unspecified atom stereocenters. The van der Waals surface area contributed by atoms with Crippen molar-refractivity contribution in [2.24, 2.45) is 23.0 Å². The third kappa shape index (κ3) is 4.18. The van der Waals surface area contributed by atoms with Crippen molar-refractivity contribution in [3.63, 3.8) is 0 Å². The van der Waals surface area contributed by atoms with Crippen molar-refractivity contribution >= 4 is 11.8 Å². The molecule has 0 aromatic carbocycles. The van der Waals surface area contributed by atoms with Crippen LogP contribution in [0.1, 0.15) is 52.9 Å². The summed E-state index contributed by atoms with van der Waals surface area (Å²) in [6.07, 6.45) is 6.67. The second kappa shape index (κ2) is 7.26. The fraction of sp³-hybridized carbons (Fsp3) is 0.789. The second-order valence-corrected chi connectivity index (χ2v) is 8.46. The highest BCUT2D eigenvalue weighted by molar-refractivity contribution is 5.90. The molecule has 1 aliphatic heterocycles. The zero-order chi connectivity index (χ0) is 18.0. The van der Waals surface area contributed by atoms with Crippen molar-refractivity contribution in [3.05, 3.63) is 12.7 Å². The highest BCUT2D eigenvalue weighted by atomic mass is 16.2. The minimum Gasteiger partial charge on any atom is -0.368 e. The van der Waals surface area contributed by atoms with E-state index < -0.39 is 11.4 Å². The molecular formula is C19H33N3O2. The van der Waals surface area contributed by atoms with Gasteiger partial charge >= 0.3 is 0 Å². The molecule has 2 aliphatic rings. The third-order valence-corrected chi connectivity index (χ3v) is 6.03. The first-order chi connectivity index (χ1) is 11.2. The van der Waals surface area contributed by atoms with Gasteiger partial charge in [0.2, 0.25) is 11.8 Å². The average molecular weight is 335 g/mol. The van der Waals surface area contributed by atoms with E-state index in [4.69, 9.17) is 5.73 Å². The Hall–Kier alpha value is -1.36. The Kier molecular flexibility index (Phi) is 5.74. The molecule has 1 heterocycles. The summed E-state index contributed by atoms with van der Waals surface area (Å²) in [7, 11) is 0. The minimum absolute atomic E-state index is 0.0660. The van der Waals surface area contributed by atoms with E-state index in [1.807, 2.05) is 6.08 Å². The monoisotopic (exact) mass is 335 g/mol. The van der Waals surface area contributed by atoms with Crippen LogP contribution in [0.4, 0.5) is 0 Å². The molecule has 1 saturated heterocycles. The maximum Gasteiger partial charge on any atom is 0.243 e. The molecule has 0 aromatic heterocycles. The molecule has 5 nitrogen and oxygen atoms in total. The van der Waals surface area contributed by atoms with Crippen LogP contribution in [0.2, 0.25) is 0 Å². The molecule has 1 aliphatic carbocycles. The number of likely N-dealkylation sites (tertiary alicyclic amines) is 1. The molecule has 3 N–H and O–H groups in total. The van der Waals surface area contributed by atoms with E-state index in [-0.39, 0.29) is 17.7 Å². The zero-order valence-electron chi connectivity index (χ0n) is 15.4. The zero-order valence-corrected chi connectivity index (χ0v) is 15.4. The predicted octanol–water partition coefficient (Wildman–Crippen LogP) is 2.07. The number of rotatable bonds is 5. The number of hydrogen-bond acceptors (Lipinski definition) is 3. The van der Waals surface area contributed by atoms with Gasteiger partial charge in [-0.15, -0.1) is 6.58 Å². The van der Waals surface area contributed by atoms with E-state index in [0.717, 1.165) is 32.5 Å². The van der Waals surface area contributed by atoms with Crippen molar-refractivity contribution in [1.82, 2.24) is 10.2 Å². The largest absolute Gasteiger partial charge is 0.368 e. The van der Waals surface area contributed by atoms with Gasteiger partial charge in [0.1, 0.15) is 5.54 Å². The molecule has 0 bridgehead atoms. The van der Waals surface area contributed by atoms with E-state index in [2.05, 4.69) is 30.6 Å². The maximum absolute atomic E-state index is 12.4. The Balaban J connectivity index is 2.16. The highest BCUT2D eigenvalue weighted by Gasteiger charge is 2.49. The van der Waals surface area contributed by atoms with E-state index in [0.29, 0.717) is 11.8 Å². The van der Waals surface area contributed by atoms with Crippen molar-refractivity contribution in [2.75, 3.05) is 19.6 Å². The molecule has 0 spiro atoms. The maximum atomic E-state index is 12.4. The number of hydrogen-bond donors (Lipinski definition) is 2. The van der Waals surface area contributed by atoms with E-state index in [1.54, 1.807) is 0 Å². The summed E-state index contributed by atoms with van der Waals surface area (Å²) in [5.41, 5.74) is 5.25. The normalized spacial score (nSPS) is 33.6. The number of primary amides is 1. The Morgan fingerprint density at radius 3 is 2.42 bits per heavy atom. The lowest BCUT2D eigenvalue weighted by Gasteiger charge is -2.47. The fourth-order valence-corrected chi connectivity index (χ4v) is 4.28. The number of nitrogens with zero attached hydrogens (tertiary/aromatic N) is 1. The lowest BCUT2D eigenvalue weighted by Crippen LogP contribution is -2.65. The number of piperidine rings is 1. The molecule has 136 valence electrons. The molecular weight excluding hydrogens is 302 g/mol. The van der Waals surface area contributed by atoms with Gasteiger partial charge in [0, 0.05) is 19.4 Å². The summed E-state index contributed by atoms with van der Waals surface area (Å²) in [5, 5.41) is 2.93. The number of allylic oxidation sites excluding steroid dienone is 1. The smallest absolute Gasteiger partial charge is 0.243 e. The summed E-state index contributed by atoms with van der Waals surface area (Å²) < 4.78 is 0. The van der Waals surface area contributed by atoms with Gasteiger partial charge in [-0.25, -0.2) is 0 Å². The number of amides is 2. The first kappa shape index (κ1) is 19.0. The number of carbonyl (C=O) groups is 2. The van der Waals surface area contributed by atoms with Gasteiger partial charge in [-0.05, 0) is 56.5 Å². The SMILES string of the molecule is C=C[C@@H]1CC[C@@H](CN2CCC(C)(C)CC2)[C@@](NC(C)=O)(C(N)=O)C1. The van der Waals surface area contributed by atoms with Crippen molar-refractivity contribution in [3.8, 4) is 0 Å². The second-order valence-electron chi connectivity index (χ2n) is 8.46. The predicted molar refractivity (Wildman–Crippen MR) is 96.2 cm³/mol. The van der Waals surface area contributed by atoms with Gasteiger partial charge in [0.05, 0.1) is 0 Å². The molecule has 2 fully saturated rings. The lowest BCUT2D eigenvalue weighted by molar-refractivity contribution is -0.136. The quantitative estimate of drug-likeness (QED) is 0.755. The van der Waals surface area contributed by atoms with Gasteiger partial charge in [-0.3, -0.25) is 9.59 Å². The average Bonchev–Trinajstić information content (AvgIpc) is 2.50. The first-order valence-corrected chi connectivity index (χ1v) is 9.12. The summed E-state index contributed by atoms with van der Waals surface area (Å²) in [6, 6.07) is 0. The summed E-state index contributed by atoms with van der Waals surface area (Å²) >= 11 is 0. The van der Waals surface area contributed by atoms with Crippen molar-refractivity contribution < 1.29 is 9.59 Å². The van der Waals surface area contributed by atoms with Crippen LogP contribution in [0.3, 0.4) is 0 Å². The van der Waals surface area contributed by atoms with Gasteiger partial charge < -0.3 is 16.0 Å². The fourth-order valence-electron chi connectivity index (χ4n) is 4.28. The molecule has 3 atom stereocenters. The Labute approximate surface area is 146 Å². The van der Waals surface area contributed by atoms with Crippen LogP contribution >= 0.6 is 0 Å². The van der Waals surface area contributed by atoms with E-state index >= 15 is 0 Å². The number of nitrogens with one attached hydrogen (secondary N) is 1. The van der Waals surface area contributed by atoms with Gasteiger partial charge in [-0.1, -0.05) is 19.9 Å². The first-order valence-electron chi connectivity index (χ1n) is 9.12. The van der Waals surface area contributed by atoms with Crippen molar-refractivity contribution in [2.45, 2.75) is 58.4 Å². The molecule has 2 rings (SSSR count). The molecule has 2 amide bonds. The third-order valence-electron chi connectivity index (χ3n) is 6.03. The Morgan fingerprint density at radius 1 is 1.29 bits per heavy atom. The summed E-state index contributed by atoms with van der Waals surface area (Å²) in [5.74, 6) is -0.313. The van der Waals surface area contributed by atoms with Crippen LogP contribution < -0.4 is 11.1 Å². The highest BCUT2D eigenvalue weighted by Crippen LogP contribution is 2.39. The Morgan fingerprint density at radius 2 is 1.92 bits per heavy atom. The number of carbonyl (C=O) groups excluding carboxylic acids is 2. The molecule has 0 radical (unpaired) electrons. The van der Waals surface area contributed by atoms with Crippen LogP contribution in [0.25, 0.3) is 0 Å². The van der Waals surface area contributed by atoms with E-state index in [9.17, 15) is 9.59 Å². The molecule has 24 heavy (non-hydrogen) atoms. The Bertz CT molecular complexity index is 493. The van der Waals surface area contributed by atoms with Gasteiger partial charge in [-0.2, -0.15) is 0 Å².